The summed E-state index contributed by atoms with van der Waals surface area (Å²) in [5, 5.41) is 0. The maximum absolute atomic E-state index is 11.5. The van der Waals surface area contributed by atoms with Crippen molar-refractivity contribution in [1.82, 2.24) is 0 Å². The highest BCUT2D eigenvalue weighted by Gasteiger charge is 2.07. The number of esters is 1. The van der Waals surface area contributed by atoms with Crippen molar-refractivity contribution in [1.29, 1.82) is 0 Å². The van der Waals surface area contributed by atoms with Crippen molar-refractivity contribution in [3.63, 3.8) is 0 Å². The first-order valence-corrected chi connectivity index (χ1v) is 7.10. The minimum absolute atomic E-state index is 0.302. The average molecular weight is 280 g/mol. The molecule has 0 aromatic heterocycles. The molecular formula is C19H20O2. The molecule has 0 aliphatic carbocycles. The number of benzene rings is 2. The lowest BCUT2D eigenvalue weighted by molar-refractivity contribution is -0.140. The van der Waals surface area contributed by atoms with Crippen LogP contribution in [0.4, 0.5) is 0 Å². The fourth-order valence-corrected chi connectivity index (χ4v) is 2.13. The second kappa shape index (κ2) is 7.44. The Morgan fingerprint density at radius 2 is 1.57 bits per heavy atom. The highest BCUT2D eigenvalue weighted by atomic mass is 16.5. The quantitative estimate of drug-likeness (QED) is 0.588. The second-order valence-corrected chi connectivity index (χ2v) is 5.11. The number of carbonyl (C=O) groups is 1. The molecule has 0 saturated carbocycles. The molecule has 108 valence electrons. The van der Waals surface area contributed by atoms with Crippen molar-refractivity contribution in [3.05, 3.63) is 83.4 Å². The van der Waals surface area contributed by atoms with Crippen molar-refractivity contribution in [3.8, 4) is 0 Å². The van der Waals surface area contributed by atoms with E-state index in [2.05, 4.69) is 36.9 Å². The fraction of sp³-hybridized carbons (Fsp3) is 0.211. The van der Waals surface area contributed by atoms with Crippen LogP contribution >= 0.6 is 0 Å². The van der Waals surface area contributed by atoms with E-state index < -0.39 is 0 Å². The molecule has 0 heterocycles. The van der Waals surface area contributed by atoms with E-state index in [1.54, 1.807) is 6.92 Å². The van der Waals surface area contributed by atoms with Crippen LogP contribution in [-0.4, -0.2) is 5.97 Å². The van der Waals surface area contributed by atoms with Gasteiger partial charge in [0.15, 0.2) is 0 Å². The minimum atomic E-state index is -0.340. The minimum Gasteiger partial charge on any atom is -0.457 e. The highest BCUT2D eigenvalue weighted by molar-refractivity contribution is 5.86. The van der Waals surface area contributed by atoms with Crippen molar-refractivity contribution in [2.24, 2.45) is 0 Å². The molecule has 0 N–H and O–H groups in total. The molecule has 2 rings (SSSR count). The molecular weight excluding hydrogens is 260 g/mol. The summed E-state index contributed by atoms with van der Waals surface area (Å²) < 4.78 is 5.24. The van der Waals surface area contributed by atoms with Gasteiger partial charge in [-0.3, -0.25) is 0 Å². The number of ether oxygens (including phenoxy) is 1. The monoisotopic (exact) mass is 280 g/mol. The first-order valence-electron chi connectivity index (χ1n) is 7.10. The van der Waals surface area contributed by atoms with Gasteiger partial charge in [-0.2, -0.15) is 0 Å². The molecule has 0 atom stereocenters. The Hall–Kier alpha value is -2.35. The van der Waals surface area contributed by atoms with E-state index in [-0.39, 0.29) is 5.97 Å². The maximum atomic E-state index is 11.5. The van der Waals surface area contributed by atoms with Gasteiger partial charge < -0.3 is 4.74 Å². The second-order valence-electron chi connectivity index (χ2n) is 5.11. The molecule has 0 bridgehead atoms. The number of hydrogen-bond acceptors (Lipinski definition) is 2. The van der Waals surface area contributed by atoms with Gasteiger partial charge in [0, 0.05) is 5.57 Å². The predicted octanol–water partition coefficient (Wildman–Crippen LogP) is 4.09. The van der Waals surface area contributed by atoms with Crippen LogP contribution in [0.3, 0.4) is 0 Å². The molecule has 0 fully saturated rings. The van der Waals surface area contributed by atoms with E-state index in [0.717, 1.165) is 18.4 Å². The molecule has 0 aliphatic heterocycles. The van der Waals surface area contributed by atoms with Crippen LogP contribution in [0.25, 0.3) is 0 Å². The first kappa shape index (κ1) is 15.0. The third-order valence-corrected chi connectivity index (χ3v) is 3.35. The van der Waals surface area contributed by atoms with Gasteiger partial charge in [-0.1, -0.05) is 61.2 Å². The van der Waals surface area contributed by atoms with Gasteiger partial charge in [0.1, 0.15) is 6.61 Å². The fourth-order valence-electron chi connectivity index (χ4n) is 2.13. The van der Waals surface area contributed by atoms with Crippen LogP contribution in [0.2, 0.25) is 0 Å². The van der Waals surface area contributed by atoms with Gasteiger partial charge in [-0.05, 0) is 36.5 Å². The van der Waals surface area contributed by atoms with E-state index in [1.807, 2.05) is 24.3 Å². The van der Waals surface area contributed by atoms with Gasteiger partial charge in [-0.25, -0.2) is 4.79 Å². The van der Waals surface area contributed by atoms with Gasteiger partial charge in [-0.15, -0.1) is 0 Å². The molecule has 0 amide bonds. The Bertz CT molecular complexity index is 614. The molecule has 2 aromatic carbocycles. The van der Waals surface area contributed by atoms with Gasteiger partial charge in [0.2, 0.25) is 0 Å². The molecule has 0 saturated heterocycles. The molecule has 0 unspecified atom stereocenters. The van der Waals surface area contributed by atoms with Crippen molar-refractivity contribution >= 4 is 5.97 Å². The molecule has 2 heteroatoms. The molecule has 2 aromatic rings. The first-order chi connectivity index (χ1) is 10.2. The van der Waals surface area contributed by atoms with Gasteiger partial charge >= 0.3 is 5.97 Å². The molecule has 21 heavy (non-hydrogen) atoms. The largest absolute Gasteiger partial charge is 0.457 e. The topological polar surface area (TPSA) is 26.3 Å². The van der Waals surface area contributed by atoms with E-state index in [1.165, 1.54) is 11.1 Å². The van der Waals surface area contributed by atoms with Crippen LogP contribution in [-0.2, 0) is 29.0 Å². The highest BCUT2D eigenvalue weighted by Crippen LogP contribution is 2.14. The van der Waals surface area contributed by atoms with Gasteiger partial charge in [0.05, 0.1) is 0 Å². The Kier molecular flexibility index (Phi) is 5.33. The Morgan fingerprint density at radius 3 is 2.24 bits per heavy atom. The van der Waals surface area contributed by atoms with Crippen LogP contribution in [0.5, 0.6) is 0 Å². The summed E-state index contributed by atoms with van der Waals surface area (Å²) in [5.41, 5.74) is 4.02. The van der Waals surface area contributed by atoms with Crippen molar-refractivity contribution in [2.75, 3.05) is 0 Å². The third-order valence-electron chi connectivity index (χ3n) is 3.35. The normalized spacial score (nSPS) is 10.1. The zero-order valence-corrected chi connectivity index (χ0v) is 12.3. The third kappa shape index (κ3) is 4.60. The molecule has 0 spiro atoms. The summed E-state index contributed by atoms with van der Waals surface area (Å²) in [4.78, 5) is 11.5. The number of aryl methyl sites for hydroxylation is 2. The molecule has 0 aliphatic rings. The summed E-state index contributed by atoms with van der Waals surface area (Å²) in [5.74, 6) is -0.340. The number of hydrogen-bond donors (Lipinski definition) is 0. The lowest BCUT2D eigenvalue weighted by Gasteiger charge is -2.10. The van der Waals surface area contributed by atoms with E-state index in [4.69, 9.17) is 4.74 Å². The average Bonchev–Trinajstić information content (AvgIpc) is 2.52. The van der Waals surface area contributed by atoms with Crippen molar-refractivity contribution in [2.45, 2.75) is 26.4 Å². The van der Waals surface area contributed by atoms with Crippen LogP contribution in [0.15, 0.2) is 66.7 Å². The predicted molar refractivity (Wildman–Crippen MR) is 84.9 cm³/mol. The number of carbonyl (C=O) groups excluding carboxylic acids is 1. The van der Waals surface area contributed by atoms with Crippen LogP contribution in [0, 0.1) is 0 Å². The van der Waals surface area contributed by atoms with Gasteiger partial charge in [0.25, 0.3) is 0 Å². The SMILES string of the molecule is C=C(C)C(=O)OCc1ccccc1CCc1ccccc1. The summed E-state index contributed by atoms with van der Waals surface area (Å²) in [6.45, 7) is 5.55. The zero-order chi connectivity index (χ0) is 15.1. The summed E-state index contributed by atoms with van der Waals surface area (Å²) in [6.07, 6.45) is 1.91. The van der Waals surface area contributed by atoms with Crippen LogP contribution < -0.4 is 0 Å². The zero-order valence-electron chi connectivity index (χ0n) is 12.3. The Morgan fingerprint density at radius 1 is 0.952 bits per heavy atom. The lowest BCUT2D eigenvalue weighted by atomic mass is 10.0. The summed E-state index contributed by atoms with van der Waals surface area (Å²) in [7, 11) is 0. The summed E-state index contributed by atoms with van der Waals surface area (Å²) in [6, 6.07) is 18.5. The lowest BCUT2D eigenvalue weighted by Crippen LogP contribution is -2.06. The van der Waals surface area contributed by atoms with E-state index >= 15 is 0 Å². The standard InChI is InChI=1S/C19H20O2/c1-15(2)19(20)21-14-18-11-7-6-10-17(18)13-12-16-8-4-3-5-9-16/h3-11H,1,12-14H2,2H3. The Labute approximate surface area is 126 Å². The van der Waals surface area contributed by atoms with Crippen molar-refractivity contribution < 1.29 is 9.53 Å². The van der Waals surface area contributed by atoms with Crippen LogP contribution in [0.1, 0.15) is 23.6 Å². The maximum Gasteiger partial charge on any atom is 0.333 e. The smallest absolute Gasteiger partial charge is 0.333 e. The molecule has 0 radical (unpaired) electrons. The number of rotatable bonds is 6. The summed E-state index contributed by atoms with van der Waals surface area (Å²) >= 11 is 0. The van der Waals surface area contributed by atoms with E-state index in [9.17, 15) is 4.79 Å². The van der Waals surface area contributed by atoms with E-state index in [0.29, 0.717) is 12.2 Å². The molecule has 2 nitrogen and oxygen atoms in total. The Balaban J connectivity index is 2.00.